The van der Waals surface area contributed by atoms with Gasteiger partial charge in [-0.3, -0.25) is 4.79 Å². The predicted octanol–water partition coefficient (Wildman–Crippen LogP) is 1.78. The summed E-state index contributed by atoms with van der Waals surface area (Å²) in [6.45, 7) is 1.20. The monoisotopic (exact) mass is 239 g/mol. The average Bonchev–Trinajstić information content (AvgIpc) is 2.31. The van der Waals surface area contributed by atoms with E-state index in [9.17, 15) is 9.90 Å². The molecule has 3 nitrogen and oxygen atoms in total. The molecule has 1 saturated heterocycles. The third-order valence-electron chi connectivity index (χ3n) is 3.16. The van der Waals surface area contributed by atoms with Gasteiger partial charge in [-0.05, 0) is 30.5 Å². The lowest BCUT2D eigenvalue weighted by Gasteiger charge is -2.36. The van der Waals surface area contributed by atoms with Crippen molar-refractivity contribution in [3.05, 3.63) is 34.9 Å². The van der Waals surface area contributed by atoms with E-state index in [1.807, 2.05) is 12.1 Å². The highest BCUT2D eigenvalue weighted by Crippen LogP contribution is 2.32. The number of nitrogens with zero attached hydrogens (tertiary/aromatic N) is 1. The summed E-state index contributed by atoms with van der Waals surface area (Å²) in [7, 11) is 0. The summed E-state index contributed by atoms with van der Waals surface area (Å²) in [4.78, 5) is 12.3. The van der Waals surface area contributed by atoms with E-state index in [1.165, 1.54) is 0 Å². The van der Waals surface area contributed by atoms with Crippen LogP contribution >= 0.6 is 11.6 Å². The molecule has 0 saturated carbocycles. The maximum Gasteiger partial charge on any atom is 0.209 e. The summed E-state index contributed by atoms with van der Waals surface area (Å²) in [5.74, 6) is 0. The summed E-state index contributed by atoms with van der Waals surface area (Å²) >= 11 is 5.81. The van der Waals surface area contributed by atoms with Crippen LogP contribution in [0.5, 0.6) is 0 Å². The molecule has 0 aromatic heterocycles. The largest absolute Gasteiger partial charge is 0.385 e. The molecule has 0 spiro atoms. The van der Waals surface area contributed by atoms with Crippen LogP contribution in [0.4, 0.5) is 0 Å². The molecule has 4 heteroatoms. The Kier molecular flexibility index (Phi) is 3.17. The lowest BCUT2D eigenvalue weighted by Crippen LogP contribution is -2.41. The quantitative estimate of drug-likeness (QED) is 0.800. The van der Waals surface area contributed by atoms with Crippen LogP contribution < -0.4 is 0 Å². The minimum Gasteiger partial charge on any atom is -0.385 e. The molecule has 0 aliphatic carbocycles. The van der Waals surface area contributed by atoms with Crippen LogP contribution in [0.3, 0.4) is 0 Å². The molecule has 1 heterocycles. The second-order valence-electron chi connectivity index (χ2n) is 4.18. The zero-order chi connectivity index (χ0) is 11.6. The zero-order valence-electron chi connectivity index (χ0n) is 8.90. The molecule has 86 valence electrons. The Morgan fingerprint density at radius 1 is 1.25 bits per heavy atom. The van der Waals surface area contributed by atoms with Gasteiger partial charge in [-0.15, -0.1) is 0 Å². The van der Waals surface area contributed by atoms with Crippen molar-refractivity contribution in [3.63, 3.8) is 0 Å². The first kappa shape index (κ1) is 11.4. The highest BCUT2D eigenvalue weighted by atomic mass is 35.5. The number of likely N-dealkylation sites (tertiary alicyclic amines) is 1. The average molecular weight is 240 g/mol. The number of piperidine rings is 1. The smallest absolute Gasteiger partial charge is 0.209 e. The summed E-state index contributed by atoms with van der Waals surface area (Å²) in [5, 5.41) is 11.1. The van der Waals surface area contributed by atoms with E-state index in [0.717, 1.165) is 12.0 Å². The van der Waals surface area contributed by atoms with Gasteiger partial charge in [0.05, 0.1) is 5.60 Å². The topological polar surface area (TPSA) is 40.5 Å². The number of carbonyl (C=O) groups excluding carboxylic acids is 1. The molecule has 0 radical (unpaired) electrons. The molecule has 1 fully saturated rings. The minimum atomic E-state index is -0.815. The molecule has 0 bridgehead atoms. The number of rotatable bonds is 2. The zero-order valence-corrected chi connectivity index (χ0v) is 9.65. The Bertz CT molecular complexity index is 369. The lowest BCUT2D eigenvalue weighted by atomic mass is 9.85. The van der Waals surface area contributed by atoms with Gasteiger partial charge in [0.15, 0.2) is 0 Å². The van der Waals surface area contributed by atoms with E-state index in [1.54, 1.807) is 17.0 Å². The van der Waals surface area contributed by atoms with Crippen LogP contribution in [0.2, 0.25) is 5.02 Å². The van der Waals surface area contributed by atoms with Gasteiger partial charge in [0.2, 0.25) is 6.41 Å². The third kappa shape index (κ3) is 2.20. The molecule has 1 amide bonds. The summed E-state index contributed by atoms with van der Waals surface area (Å²) in [5.41, 5.74) is 0.0619. The van der Waals surface area contributed by atoms with E-state index in [4.69, 9.17) is 11.6 Å². The van der Waals surface area contributed by atoms with Crippen LogP contribution in [0.1, 0.15) is 18.4 Å². The number of carbonyl (C=O) groups is 1. The number of amides is 1. The van der Waals surface area contributed by atoms with Crippen molar-refractivity contribution in [1.29, 1.82) is 0 Å². The van der Waals surface area contributed by atoms with E-state index < -0.39 is 5.60 Å². The fourth-order valence-corrected chi connectivity index (χ4v) is 2.17. The molecule has 1 aromatic carbocycles. The Morgan fingerprint density at radius 3 is 2.31 bits per heavy atom. The molecule has 0 atom stereocenters. The van der Waals surface area contributed by atoms with Crippen LogP contribution in [-0.4, -0.2) is 29.5 Å². The molecule has 0 unspecified atom stereocenters. The van der Waals surface area contributed by atoms with Crippen molar-refractivity contribution in [1.82, 2.24) is 4.90 Å². The highest BCUT2D eigenvalue weighted by molar-refractivity contribution is 6.30. The van der Waals surface area contributed by atoms with Gasteiger partial charge in [0.25, 0.3) is 0 Å². The van der Waals surface area contributed by atoms with Crippen molar-refractivity contribution in [2.24, 2.45) is 0 Å². The van der Waals surface area contributed by atoms with Gasteiger partial charge in [-0.1, -0.05) is 23.7 Å². The Balaban J connectivity index is 2.14. The van der Waals surface area contributed by atoms with Crippen LogP contribution in [0.25, 0.3) is 0 Å². The van der Waals surface area contributed by atoms with Crippen LogP contribution in [0, 0.1) is 0 Å². The fourth-order valence-electron chi connectivity index (χ4n) is 2.05. The molecule has 1 aliphatic heterocycles. The van der Waals surface area contributed by atoms with Crippen LogP contribution in [-0.2, 0) is 10.4 Å². The minimum absolute atomic E-state index is 0.577. The van der Waals surface area contributed by atoms with Crippen molar-refractivity contribution >= 4 is 18.0 Å². The Labute approximate surface area is 99.6 Å². The van der Waals surface area contributed by atoms with E-state index >= 15 is 0 Å². The van der Waals surface area contributed by atoms with Gasteiger partial charge in [0, 0.05) is 18.1 Å². The van der Waals surface area contributed by atoms with Crippen molar-refractivity contribution in [3.8, 4) is 0 Å². The predicted molar refractivity (Wildman–Crippen MR) is 62.2 cm³/mol. The summed E-state index contributed by atoms with van der Waals surface area (Å²) < 4.78 is 0. The Hall–Kier alpha value is -1.06. The number of halogens is 1. The molecule has 1 N–H and O–H groups in total. The normalized spacial score (nSPS) is 19.5. The molecule has 16 heavy (non-hydrogen) atoms. The van der Waals surface area contributed by atoms with Gasteiger partial charge in [-0.2, -0.15) is 0 Å². The van der Waals surface area contributed by atoms with Crippen molar-refractivity contribution in [2.75, 3.05) is 13.1 Å². The third-order valence-corrected chi connectivity index (χ3v) is 3.41. The molecular weight excluding hydrogens is 226 g/mol. The number of benzene rings is 1. The number of hydrogen-bond acceptors (Lipinski definition) is 2. The summed E-state index contributed by atoms with van der Waals surface area (Å²) in [6.07, 6.45) is 1.99. The van der Waals surface area contributed by atoms with Crippen molar-refractivity contribution < 1.29 is 9.90 Å². The fraction of sp³-hybridized carbons (Fsp3) is 0.417. The summed E-state index contributed by atoms with van der Waals surface area (Å²) in [6, 6.07) is 7.25. The standard InChI is InChI=1S/C12H14ClNO2/c13-11-3-1-10(2-4-11)12(16)5-7-14(9-15)8-6-12/h1-4,9,16H,5-8H2. The highest BCUT2D eigenvalue weighted by Gasteiger charge is 2.33. The van der Waals surface area contributed by atoms with E-state index in [2.05, 4.69) is 0 Å². The van der Waals surface area contributed by atoms with Gasteiger partial charge >= 0.3 is 0 Å². The first-order valence-electron chi connectivity index (χ1n) is 5.32. The first-order valence-corrected chi connectivity index (χ1v) is 5.70. The van der Waals surface area contributed by atoms with E-state index in [0.29, 0.717) is 31.0 Å². The molecule has 1 aromatic rings. The Morgan fingerprint density at radius 2 is 1.81 bits per heavy atom. The molecule has 2 rings (SSSR count). The maximum atomic E-state index is 10.6. The van der Waals surface area contributed by atoms with Gasteiger partial charge in [-0.25, -0.2) is 0 Å². The van der Waals surface area contributed by atoms with Gasteiger partial charge < -0.3 is 10.0 Å². The van der Waals surface area contributed by atoms with Crippen LogP contribution in [0.15, 0.2) is 24.3 Å². The second-order valence-corrected chi connectivity index (χ2v) is 4.62. The second kappa shape index (κ2) is 4.44. The molecular formula is C12H14ClNO2. The SMILES string of the molecule is O=CN1CCC(O)(c2ccc(Cl)cc2)CC1. The number of hydrogen-bond donors (Lipinski definition) is 1. The van der Waals surface area contributed by atoms with E-state index in [-0.39, 0.29) is 0 Å². The number of aliphatic hydroxyl groups is 1. The van der Waals surface area contributed by atoms with Crippen molar-refractivity contribution in [2.45, 2.75) is 18.4 Å². The molecule has 1 aliphatic rings. The first-order chi connectivity index (χ1) is 7.64. The van der Waals surface area contributed by atoms with Gasteiger partial charge in [0.1, 0.15) is 0 Å². The lowest BCUT2D eigenvalue weighted by molar-refractivity contribution is -0.122. The maximum absolute atomic E-state index is 10.6.